The molecule has 2 aromatic rings. The van der Waals surface area contributed by atoms with Crippen molar-refractivity contribution in [3.8, 4) is 0 Å². The predicted octanol–water partition coefficient (Wildman–Crippen LogP) is 3.58. The van der Waals surface area contributed by atoms with Gasteiger partial charge in [0, 0.05) is 6.07 Å². The first-order valence-electron chi connectivity index (χ1n) is 5.08. The minimum absolute atomic E-state index is 0.103. The molecule has 1 heterocycles. The molecule has 20 heavy (non-hydrogen) atoms. The molecule has 0 fully saturated rings. The Morgan fingerprint density at radius 2 is 1.75 bits per heavy atom. The predicted molar refractivity (Wildman–Crippen MR) is 74.1 cm³/mol. The highest BCUT2D eigenvalue weighted by Gasteiger charge is 2.17. The van der Waals surface area contributed by atoms with Gasteiger partial charge in [0.05, 0.1) is 21.3 Å². The van der Waals surface area contributed by atoms with Crippen molar-refractivity contribution >= 4 is 43.2 Å². The van der Waals surface area contributed by atoms with Crippen LogP contribution in [0.5, 0.6) is 0 Å². The summed E-state index contributed by atoms with van der Waals surface area (Å²) in [4.78, 5) is 3.21. The summed E-state index contributed by atoms with van der Waals surface area (Å²) >= 11 is 8.76. The second-order valence-electron chi connectivity index (χ2n) is 3.71. The SMILES string of the molecule is O=S(=O)(Nc1cnc(Cl)c(Br)c1)c1cc(F)cc(F)c1. The van der Waals surface area contributed by atoms with E-state index in [0.717, 1.165) is 0 Å². The van der Waals surface area contributed by atoms with Gasteiger partial charge in [-0.2, -0.15) is 0 Å². The van der Waals surface area contributed by atoms with Gasteiger partial charge >= 0.3 is 0 Å². The molecule has 4 nitrogen and oxygen atoms in total. The zero-order valence-electron chi connectivity index (χ0n) is 9.57. The number of nitrogens with one attached hydrogen (secondary N) is 1. The van der Waals surface area contributed by atoms with E-state index in [1.807, 2.05) is 0 Å². The third kappa shape index (κ3) is 3.44. The lowest BCUT2D eigenvalue weighted by Gasteiger charge is -2.08. The molecule has 0 saturated heterocycles. The van der Waals surface area contributed by atoms with Crippen LogP contribution in [0.25, 0.3) is 0 Å². The van der Waals surface area contributed by atoms with E-state index in [1.165, 1.54) is 12.3 Å². The third-order valence-electron chi connectivity index (χ3n) is 2.19. The number of anilines is 1. The smallest absolute Gasteiger partial charge is 0.262 e. The number of hydrogen-bond acceptors (Lipinski definition) is 3. The first kappa shape index (κ1) is 15.1. The fourth-order valence-electron chi connectivity index (χ4n) is 1.37. The van der Waals surface area contributed by atoms with E-state index in [-0.39, 0.29) is 10.8 Å². The molecule has 0 aliphatic carbocycles. The summed E-state index contributed by atoms with van der Waals surface area (Å²) in [6.45, 7) is 0. The number of halogens is 4. The van der Waals surface area contributed by atoms with Crippen molar-refractivity contribution in [3.05, 3.63) is 51.7 Å². The summed E-state index contributed by atoms with van der Waals surface area (Å²) < 4.78 is 52.6. The third-order valence-corrected chi connectivity index (χ3v) is 4.69. The number of pyridine rings is 1. The Bertz CT molecular complexity index is 751. The number of aromatic nitrogens is 1. The van der Waals surface area contributed by atoms with E-state index >= 15 is 0 Å². The molecule has 0 bridgehead atoms. The monoisotopic (exact) mass is 382 g/mol. The lowest BCUT2D eigenvalue weighted by Crippen LogP contribution is -2.13. The van der Waals surface area contributed by atoms with Crippen molar-refractivity contribution < 1.29 is 17.2 Å². The molecule has 1 aromatic heterocycles. The Kier molecular flexibility index (Phi) is 4.26. The van der Waals surface area contributed by atoms with Gasteiger partial charge in [-0.05, 0) is 34.1 Å². The number of nitrogens with zero attached hydrogens (tertiary/aromatic N) is 1. The Balaban J connectivity index is 2.37. The topological polar surface area (TPSA) is 59.1 Å². The van der Waals surface area contributed by atoms with Gasteiger partial charge in [-0.1, -0.05) is 11.6 Å². The maximum Gasteiger partial charge on any atom is 0.262 e. The van der Waals surface area contributed by atoms with Gasteiger partial charge in [-0.15, -0.1) is 0 Å². The van der Waals surface area contributed by atoms with Gasteiger partial charge in [0.15, 0.2) is 0 Å². The van der Waals surface area contributed by atoms with Crippen molar-refractivity contribution in [3.63, 3.8) is 0 Å². The second kappa shape index (κ2) is 5.63. The highest BCUT2D eigenvalue weighted by atomic mass is 79.9. The van der Waals surface area contributed by atoms with E-state index in [0.29, 0.717) is 22.7 Å². The molecule has 0 atom stereocenters. The molecular weight excluding hydrogens is 378 g/mol. The number of rotatable bonds is 3. The van der Waals surface area contributed by atoms with E-state index in [9.17, 15) is 17.2 Å². The summed E-state index contributed by atoms with van der Waals surface area (Å²) in [7, 11) is -4.12. The molecule has 2 rings (SSSR count). The Labute approximate surface area is 127 Å². The van der Waals surface area contributed by atoms with E-state index in [1.54, 1.807) is 0 Å². The van der Waals surface area contributed by atoms with Gasteiger partial charge in [0.25, 0.3) is 10.0 Å². The summed E-state index contributed by atoms with van der Waals surface area (Å²) in [5.74, 6) is -1.97. The molecule has 0 unspecified atom stereocenters. The van der Waals surface area contributed by atoms with E-state index in [4.69, 9.17) is 11.6 Å². The van der Waals surface area contributed by atoms with Crippen LogP contribution in [0.1, 0.15) is 0 Å². The molecule has 0 radical (unpaired) electrons. The highest BCUT2D eigenvalue weighted by molar-refractivity contribution is 9.10. The quantitative estimate of drug-likeness (QED) is 0.824. The van der Waals surface area contributed by atoms with Crippen LogP contribution in [0.4, 0.5) is 14.5 Å². The molecule has 9 heteroatoms. The van der Waals surface area contributed by atoms with E-state index < -0.39 is 26.6 Å². The zero-order chi connectivity index (χ0) is 14.9. The van der Waals surface area contributed by atoms with Gasteiger partial charge < -0.3 is 0 Å². The standard InChI is InChI=1S/C11H6BrClF2N2O2S/c12-10-4-8(5-16-11(10)13)17-20(18,19)9-2-6(14)1-7(15)3-9/h1-5,17H. The number of sulfonamides is 1. The van der Waals surface area contributed by atoms with Crippen LogP contribution in [0, 0.1) is 11.6 Å². The Morgan fingerprint density at radius 1 is 1.15 bits per heavy atom. The zero-order valence-corrected chi connectivity index (χ0v) is 12.7. The normalized spacial score (nSPS) is 11.4. The average Bonchev–Trinajstić information content (AvgIpc) is 2.32. The summed E-state index contributed by atoms with van der Waals surface area (Å²) in [5, 5.41) is 0.157. The lowest BCUT2D eigenvalue weighted by atomic mass is 10.3. The van der Waals surface area contributed by atoms with Crippen LogP contribution in [-0.4, -0.2) is 13.4 Å². The Morgan fingerprint density at radius 3 is 2.30 bits per heavy atom. The number of hydrogen-bond donors (Lipinski definition) is 1. The molecule has 0 amide bonds. The summed E-state index contributed by atoms with van der Waals surface area (Å²) in [6, 6.07) is 3.38. The van der Waals surface area contributed by atoms with Gasteiger partial charge in [0.1, 0.15) is 16.8 Å². The molecule has 0 aliphatic rings. The molecule has 1 aromatic carbocycles. The van der Waals surface area contributed by atoms with E-state index in [2.05, 4.69) is 25.6 Å². The summed E-state index contributed by atoms with van der Waals surface area (Å²) in [6.07, 6.45) is 1.18. The van der Waals surface area contributed by atoms with Crippen LogP contribution < -0.4 is 4.72 Å². The average molecular weight is 384 g/mol. The van der Waals surface area contributed by atoms with Crippen LogP contribution in [0.15, 0.2) is 39.8 Å². The lowest BCUT2D eigenvalue weighted by molar-refractivity contribution is 0.568. The first-order chi connectivity index (χ1) is 9.28. The van der Waals surface area contributed by atoms with Crippen LogP contribution in [-0.2, 0) is 10.0 Å². The molecule has 0 spiro atoms. The fraction of sp³-hybridized carbons (Fsp3) is 0. The van der Waals surface area contributed by atoms with Crippen molar-refractivity contribution in [1.82, 2.24) is 4.98 Å². The van der Waals surface area contributed by atoms with Gasteiger partial charge in [-0.25, -0.2) is 22.2 Å². The number of benzene rings is 1. The van der Waals surface area contributed by atoms with Crippen molar-refractivity contribution in [2.24, 2.45) is 0 Å². The first-order valence-corrected chi connectivity index (χ1v) is 7.73. The second-order valence-corrected chi connectivity index (χ2v) is 6.60. The summed E-state index contributed by atoms with van der Waals surface area (Å²) in [5.41, 5.74) is 0.103. The van der Waals surface area contributed by atoms with Gasteiger partial charge in [-0.3, -0.25) is 4.72 Å². The van der Waals surface area contributed by atoms with Crippen LogP contribution >= 0.6 is 27.5 Å². The molecule has 0 aliphatic heterocycles. The minimum Gasteiger partial charge on any atom is -0.278 e. The maximum atomic E-state index is 13.0. The van der Waals surface area contributed by atoms with Gasteiger partial charge in [0.2, 0.25) is 0 Å². The fourth-order valence-corrected chi connectivity index (χ4v) is 2.90. The van der Waals surface area contributed by atoms with Crippen molar-refractivity contribution in [1.29, 1.82) is 0 Å². The molecule has 0 saturated carbocycles. The highest BCUT2D eigenvalue weighted by Crippen LogP contribution is 2.25. The molecular formula is C11H6BrClF2N2O2S. The van der Waals surface area contributed by atoms with Crippen LogP contribution in [0.2, 0.25) is 5.15 Å². The Hall–Kier alpha value is -1.25. The maximum absolute atomic E-state index is 13.0. The largest absolute Gasteiger partial charge is 0.278 e. The molecule has 1 N–H and O–H groups in total. The molecule has 106 valence electrons. The van der Waals surface area contributed by atoms with Crippen molar-refractivity contribution in [2.45, 2.75) is 4.90 Å². The van der Waals surface area contributed by atoms with Crippen LogP contribution in [0.3, 0.4) is 0 Å². The minimum atomic E-state index is -4.12. The van der Waals surface area contributed by atoms with Crippen molar-refractivity contribution in [2.75, 3.05) is 4.72 Å².